The third-order valence-corrected chi connectivity index (χ3v) is 5.89. The molecule has 1 aromatic heterocycles. The fourth-order valence-corrected chi connectivity index (χ4v) is 3.93. The molecule has 0 aliphatic heterocycles. The van der Waals surface area contributed by atoms with E-state index in [1.54, 1.807) is 45.2 Å². The molecule has 0 unspecified atom stereocenters. The van der Waals surface area contributed by atoms with E-state index >= 15 is 0 Å². The molecule has 1 aromatic rings. The van der Waals surface area contributed by atoms with E-state index in [-0.39, 0.29) is 3.57 Å². The summed E-state index contributed by atoms with van der Waals surface area (Å²) < 4.78 is 47.4. The molecule has 0 aromatic carbocycles. The van der Waals surface area contributed by atoms with Gasteiger partial charge in [0.2, 0.25) is 0 Å². The zero-order chi connectivity index (χ0) is 11.8. The molecule has 0 saturated carbocycles. The Morgan fingerprint density at radius 3 is 2.33 bits per heavy atom. The SMILES string of the molecule is O=S(=O)(Cl)c1nc(C(F)F)cc(I)c1I. The van der Waals surface area contributed by atoms with Gasteiger partial charge in [0, 0.05) is 14.3 Å². The summed E-state index contributed by atoms with van der Waals surface area (Å²) >= 11 is 3.44. The zero-order valence-corrected chi connectivity index (χ0v) is 12.6. The Kier molecular flexibility index (Phi) is 4.52. The van der Waals surface area contributed by atoms with E-state index < -0.39 is 26.2 Å². The largest absolute Gasteiger partial charge is 0.280 e. The standard InChI is InChI=1S/C6H2ClF2I2NO2S/c7-15(13,14)6-4(11)2(10)1-3(12-6)5(8)9/h1,5H. The van der Waals surface area contributed by atoms with Crippen molar-refractivity contribution in [1.82, 2.24) is 4.98 Å². The summed E-state index contributed by atoms with van der Waals surface area (Å²) in [5.41, 5.74) is -0.598. The molecular weight excluding hydrogens is 477 g/mol. The van der Waals surface area contributed by atoms with Gasteiger partial charge in [-0.05, 0) is 51.2 Å². The van der Waals surface area contributed by atoms with Gasteiger partial charge in [-0.2, -0.15) is 0 Å². The van der Waals surface area contributed by atoms with Gasteiger partial charge in [-0.15, -0.1) is 0 Å². The first-order valence-corrected chi connectivity index (χ1v) is 7.79. The van der Waals surface area contributed by atoms with Crippen LogP contribution < -0.4 is 0 Å². The van der Waals surface area contributed by atoms with Gasteiger partial charge < -0.3 is 0 Å². The van der Waals surface area contributed by atoms with Crippen molar-refractivity contribution in [2.45, 2.75) is 11.5 Å². The number of rotatable bonds is 2. The van der Waals surface area contributed by atoms with E-state index in [0.29, 0.717) is 3.57 Å². The highest BCUT2D eigenvalue weighted by molar-refractivity contribution is 14.1. The highest BCUT2D eigenvalue weighted by Gasteiger charge is 2.22. The number of pyridine rings is 1. The first kappa shape index (κ1) is 13.8. The lowest BCUT2D eigenvalue weighted by Gasteiger charge is -2.05. The predicted octanol–water partition coefficient (Wildman–Crippen LogP) is 3.16. The van der Waals surface area contributed by atoms with Gasteiger partial charge in [0.25, 0.3) is 15.5 Å². The summed E-state index contributed by atoms with van der Waals surface area (Å²) in [6.07, 6.45) is -2.83. The molecule has 84 valence electrons. The fourth-order valence-electron chi connectivity index (χ4n) is 0.767. The summed E-state index contributed by atoms with van der Waals surface area (Å²) in [6.45, 7) is 0. The highest BCUT2D eigenvalue weighted by atomic mass is 127. The molecule has 0 fully saturated rings. The summed E-state index contributed by atoms with van der Waals surface area (Å²) in [5.74, 6) is 0. The molecule has 0 radical (unpaired) electrons. The van der Waals surface area contributed by atoms with Crippen LogP contribution in [0.1, 0.15) is 12.1 Å². The summed E-state index contributed by atoms with van der Waals surface area (Å²) in [4.78, 5) is 3.32. The minimum atomic E-state index is -4.10. The molecule has 0 aliphatic rings. The molecule has 0 N–H and O–H groups in total. The van der Waals surface area contributed by atoms with Gasteiger partial charge in [0.05, 0.1) is 3.57 Å². The minimum absolute atomic E-state index is 0.243. The second-order valence-electron chi connectivity index (χ2n) is 2.39. The second kappa shape index (κ2) is 4.92. The Bertz CT molecular complexity index is 494. The van der Waals surface area contributed by atoms with Crippen molar-refractivity contribution in [2.75, 3.05) is 0 Å². The third-order valence-electron chi connectivity index (χ3n) is 1.36. The molecule has 15 heavy (non-hydrogen) atoms. The maximum Gasteiger partial charge on any atom is 0.280 e. The van der Waals surface area contributed by atoms with Gasteiger partial charge in [0.1, 0.15) is 5.69 Å². The Morgan fingerprint density at radius 1 is 1.40 bits per heavy atom. The maximum atomic E-state index is 12.3. The van der Waals surface area contributed by atoms with E-state index in [4.69, 9.17) is 10.7 Å². The quantitative estimate of drug-likeness (QED) is 0.484. The van der Waals surface area contributed by atoms with Gasteiger partial charge in [-0.3, -0.25) is 0 Å². The summed E-state index contributed by atoms with van der Waals surface area (Å²) in [7, 11) is 0.973. The van der Waals surface area contributed by atoms with E-state index in [1.165, 1.54) is 0 Å². The van der Waals surface area contributed by atoms with Crippen LogP contribution in [-0.2, 0) is 9.05 Å². The van der Waals surface area contributed by atoms with Crippen molar-refractivity contribution in [2.24, 2.45) is 0 Å². The molecule has 1 rings (SSSR count). The van der Waals surface area contributed by atoms with Crippen LogP contribution in [-0.4, -0.2) is 13.4 Å². The van der Waals surface area contributed by atoms with Crippen LogP contribution in [0.25, 0.3) is 0 Å². The van der Waals surface area contributed by atoms with Crippen molar-refractivity contribution in [3.05, 3.63) is 18.9 Å². The number of nitrogens with zero attached hydrogens (tertiary/aromatic N) is 1. The molecule has 0 spiro atoms. The number of alkyl halides is 2. The van der Waals surface area contributed by atoms with Crippen LogP contribution in [0.5, 0.6) is 0 Å². The highest BCUT2D eigenvalue weighted by Crippen LogP contribution is 2.28. The van der Waals surface area contributed by atoms with Crippen LogP contribution in [0.2, 0.25) is 0 Å². The Hall–Kier alpha value is 0.710. The lowest BCUT2D eigenvalue weighted by molar-refractivity contribution is 0.145. The summed E-state index contributed by atoms with van der Waals surface area (Å²) in [6, 6.07) is 1.12. The average molecular weight is 479 g/mol. The first-order chi connectivity index (χ1) is 6.73. The van der Waals surface area contributed by atoms with Crippen molar-refractivity contribution >= 4 is 64.9 Å². The van der Waals surface area contributed by atoms with Crippen LogP contribution in [0, 0.1) is 7.14 Å². The Morgan fingerprint density at radius 2 is 1.93 bits per heavy atom. The fraction of sp³-hybridized carbons (Fsp3) is 0.167. The molecule has 0 amide bonds. The van der Waals surface area contributed by atoms with Gasteiger partial charge in [-0.25, -0.2) is 22.2 Å². The molecule has 0 bridgehead atoms. The number of hydrogen-bond acceptors (Lipinski definition) is 3. The van der Waals surface area contributed by atoms with Crippen LogP contribution >= 0.6 is 55.9 Å². The molecule has 0 saturated heterocycles. The topological polar surface area (TPSA) is 47.0 Å². The van der Waals surface area contributed by atoms with E-state index in [9.17, 15) is 17.2 Å². The lowest BCUT2D eigenvalue weighted by Crippen LogP contribution is -2.04. The third kappa shape index (κ3) is 3.33. The molecular formula is C6H2ClF2I2NO2S. The molecule has 0 aliphatic carbocycles. The molecule has 1 heterocycles. The number of hydrogen-bond donors (Lipinski definition) is 0. The van der Waals surface area contributed by atoms with Crippen molar-refractivity contribution in [1.29, 1.82) is 0 Å². The minimum Gasteiger partial charge on any atom is -0.233 e. The maximum absolute atomic E-state index is 12.3. The Labute approximate surface area is 116 Å². The smallest absolute Gasteiger partial charge is 0.233 e. The monoisotopic (exact) mass is 479 g/mol. The van der Waals surface area contributed by atoms with Crippen LogP contribution in [0.4, 0.5) is 8.78 Å². The molecule has 0 atom stereocenters. The second-order valence-corrected chi connectivity index (χ2v) is 7.11. The molecule has 3 nitrogen and oxygen atoms in total. The number of aromatic nitrogens is 1. The van der Waals surface area contributed by atoms with Crippen LogP contribution in [0.3, 0.4) is 0 Å². The van der Waals surface area contributed by atoms with Crippen molar-refractivity contribution in [3.63, 3.8) is 0 Å². The van der Waals surface area contributed by atoms with E-state index in [2.05, 4.69) is 4.98 Å². The van der Waals surface area contributed by atoms with Gasteiger partial charge >= 0.3 is 0 Å². The zero-order valence-electron chi connectivity index (χ0n) is 6.72. The summed E-state index contributed by atoms with van der Waals surface area (Å²) in [5, 5.41) is -0.521. The number of halogens is 5. The average Bonchev–Trinajstić information content (AvgIpc) is 2.06. The van der Waals surface area contributed by atoms with E-state index in [0.717, 1.165) is 6.07 Å². The predicted molar refractivity (Wildman–Crippen MR) is 67.7 cm³/mol. The van der Waals surface area contributed by atoms with E-state index in [1.807, 2.05) is 0 Å². The van der Waals surface area contributed by atoms with Crippen molar-refractivity contribution in [3.8, 4) is 0 Å². The Balaban J connectivity index is 3.52. The van der Waals surface area contributed by atoms with Gasteiger partial charge in [-0.1, -0.05) is 0 Å². The van der Waals surface area contributed by atoms with Gasteiger partial charge in [0.15, 0.2) is 5.03 Å². The first-order valence-electron chi connectivity index (χ1n) is 3.32. The lowest BCUT2D eigenvalue weighted by atomic mass is 10.4. The molecule has 9 heteroatoms. The van der Waals surface area contributed by atoms with Crippen molar-refractivity contribution < 1.29 is 17.2 Å². The normalized spacial score (nSPS) is 12.1. The van der Waals surface area contributed by atoms with Crippen LogP contribution in [0.15, 0.2) is 11.1 Å².